The highest BCUT2D eigenvalue weighted by Gasteiger charge is 2.18. The maximum atomic E-state index is 13.4. The van der Waals surface area contributed by atoms with Crippen molar-refractivity contribution >= 4 is 22.6 Å². The van der Waals surface area contributed by atoms with E-state index in [1.165, 1.54) is 19.2 Å². The molecule has 5 nitrogen and oxygen atoms in total. The molecule has 0 radical (unpaired) electrons. The van der Waals surface area contributed by atoms with Crippen LogP contribution in [0.15, 0.2) is 48.5 Å². The number of nitrogens with one attached hydrogen (secondary N) is 1. The van der Waals surface area contributed by atoms with E-state index in [1.807, 2.05) is 6.07 Å². The number of halogens is 1. The minimum Gasteiger partial charge on any atom is -0.465 e. The molecule has 1 aromatic heterocycles. The first-order valence-corrected chi connectivity index (χ1v) is 9.27. The van der Waals surface area contributed by atoms with Gasteiger partial charge in [-0.05, 0) is 61.4 Å². The SMILES string of the molecule is COC(=O)c1ccc2nc(-c3ccc(F)cc3)c(NC3CCOCC3)cc2c1. The Kier molecular flexibility index (Phi) is 5.21. The molecular weight excluding hydrogens is 359 g/mol. The minimum absolute atomic E-state index is 0.274. The Morgan fingerprint density at radius 3 is 2.61 bits per heavy atom. The first-order chi connectivity index (χ1) is 13.6. The van der Waals surface area contributed by atoms with Crippen molar-refractivity contribution in [1.29, 1.82) is 0 Å². The molecule has 0 unspecified atom stereocenters. The highest BCUT2D eigenvalue weighted by Crippen LogP contribution is 2.32. The first-order valence-electron chi connectivity index (χ1n) is 9.27. The fraction of sp³-hybridized carbons (Fsp3) is 0.273. The number of hydrogen-bond donors (Lipinski definition) is 1. The number of carbonyl (C=O) groups is 1. The Morgan fingerprint density at radius 1 is 1.14 bits per heavy atom. The summed E-state index contributed by atoms with van der Waals surface area (Å²) in [6.45, 7) is 1.44. The largest absolute Gasteiger partial charge is 0.465 e. The lowest BCUT2D eigenvalue weighted by molar-refractivity contribution is 0.0601. The van der Waals surface area contributed by atoms with E-state index in [1.54, 1.807) is 30.3 Å². The number of ether oxygens (including phenoxy) is 2. The van der Waals surface area contributed by atoms with Gasteiger partial charge in [0.05, 0.1) is 29.6 Å². The summed E-state index contributed by atoms with van der Waals surface area (Å²) >= 11 is 0. The van der Waals surface area contributed by atoms with Crippen molar-refractivity contribution in [3.05, 3.63) is 59.9 Å². The number of pyridine rings is 1. The minimum atomic E-state index is -0.386. The van der Waals surface area contributed by atoms with Crippen molar-refractivity contribution in [2.75, 3.05) is 25.6 Å². The summed E-state index contributed by atoms with van der Waals surface area (Å²) < 4.78 is 23.6. The lowest BCUT2D eigenvalue weighted by Gasteiger charge is -2.25. The molecule has 3 aromatic rings. The second kappa shape index (κ2) is 7.94. The summed E-state index contributed by atoms with van der Waals surface area (Å²) in [5.41, 5.74) is 3.67. The second-order valence-electron chi connectivity index (χ2n) is 6.82. The third-order valence-electron chi connectivity index (χ3n) is 4.93. The number of rotatable bonds is 4. The average Bonchev–Trinajstić information content (AvgIpc) is 2.73. The molecule has 6 heteroatoms. The number of anilines is 1. The maximum absolute atomic E-state index is 13.4. The average molecular weight is 380 g/mol. The zero-order chi connectivity index (χ0) is 19.5. The predicted molar refractivity (Wildman–Crippen MR) is 106 cm³/mol. The van der Waals surface area contributed by atoms with Gasteiger partial charge in [0.25, 0.3) is 0 Å². The standard InChI is InChI=1S/C22H21FN2O3/c1-27-22(26)15-4-7-19-16(12-15)13-20(24-18-8-10-28-11-9-18)21(25-19)14-2-5-17(23)6-3-14/h2-7,12-13,18,24H,8-11H2,1H3. The van der Waals surface area contributed by atoms with Crippen LogP contribution in [0.1, 0.15) is 23.2 Å². The van der Waals surface area contributed by atoms with Gasteiger partial charge in [-0.2, -0.15) is 0 Å². The highest BCUT2D eigenvalue weighted by atomic mass is 19.1. The number of fused-ring (bicyclic) bond motifs is 1. The number of nitrogens with zero attached hydrogens (tertiary/aromatic N) is 1. The molecule has 28 heavy (non-hydrogen) atoms. The topological polar surface area (TPSA) is 60.5 Å². The van der Waals surface area contributed by atoms with E-state index in [-0.39, 0.29) is 17.8 Å². The molecule has 1 N–H and O–H groups in total. The molecule has 1 aliphatic heterocycles. The van der Waals surface area contributed by atoms with Crippen LogP contribution < -0.4 is 5.32 Å². The van der Waals surface area contributed by atoms with E-state index in [4.69, 9.17) is 14.5 Å². The normalized spacial score (nSPS) is 14.8. The lowest BCUT2D eigenvalue weighted by Crippen LogP contribution is -2.28. The fourth-order valence-corrected chi connectivity index (χ4v) is 3.42. The highest BCUT2D eigenvalue weighted by molar-refractivity contribution is 5.96. The number of methoxy groups -OCH3 is 1. The van der Waals surface area contributed by atoms with Gasteiger partial charge in [0, 0.05) is 30.2 Å². The summed E-state index contributed by atoms with van der Waals surface area (Å²) in [4.78, 5) is 16.7. The zero-order valence-electron chi connectivity index (χ0n) is 15.6. The Bertz CT molecular complexity index is 999. The van der Waals surface area contributed by atoms with Gasteiger partial charge in [-0.25, -0.2) is 14.2 Å². The predicted octanol–water partition coefficient (Wildman–Crippen LogP) is 4.42. The van der Waals surface area contributed by atoms with E-state index in [2.05, 4.69) is 5.32 Å². The van der Waals surface area contributed by atoms with Crippen LogP contribution in [-0.4, -0.2) is 37.3 Å². The van der Waals surface area contributed by atoms with Crippen molar-refractivity contribution in [3.63, 3.8) is 0 Å². The van der Waals surface area contributed by atoms with Gasteiger partial charge in [-0.3, -0.25) is 0 Å². The van der Waals surface area contributed by atoms with Gasteiger partial charge in [-0.15, -0.1) is 0 Å². The van der Waals surface area contributed by atoms with Crippen LogP contribution in [0.25, 0.3) is 22.2 Å². The second-order valence-corrected chi connectivity index (χ2v) is 6.82. The van der Waals surface area contributed by atoms with Gasteiger partial charge < -0.3 is 14.8 Å². The van der Waals surface area contributed by atoms with Gasteiger partial charge in [-0.1, -0.05) is 0 Å². The fourth-order valence-electron chi connectivity index (χ4n) is 3.42. The maximum Gasteiger partial charge on any atom is 0.337 e. The molecule has 0 saturated carbocycles. The van der Waals surface area contributed by atoms with Crippen LogP contribution in [0.3, 0.4) is 0 Å². The molecule has 0 amide bonds. The van der Waals surface area contributed by atoms with Crippen LogP contribution in [0.2, 0.25) is 0 Å². The number of benzene rings is 2. The third kappa shape index (κ3) is 3.82. The van der Waals surface area contributed by atoms with Crippen molar-refractivity contribution in [2.24, 2.45) is 0 Å². The first kappa shape index (κ1) is 18.4. The van der Waals surface area contributed by atoms with Crippen LogP contribution in [0.5, 0.6) is 0 Å². The van der Waals surface area contributed by atoms with Crippen LogP contribution in [0.4, 0.5) is 10.1 Å². The summed E-state index contributed by atoms with van der Waals surface area (Å²) in [7, 11) is 1.36. The summed E-state index contributed by atoms with van der Waals surface area (Å²) in [5, 5.41) is 4.40. The monoisotopic (exact) mass is 380 g/mol. The quantitative estimate of drug-likeness (QED) is 0.679. The van der Waals surface area contributed by atoms with E-state index >= 15 is 0 Å². The molecule has 144 valence electrons. The molecule has 1 aliphatic rings. The van der Waals surface area contributed by atoms with Gasteiger partial charge in [0.15, 0.2) is 0 Å². The lowest BCUT2D eigenvalue weighted by atomic mass is 10.0. The van der Waals surface area contributed by atoms with Crippen LogP contribution >= 0.6 is 0 Å². The molecule has 2 aromatic carbocycles. The molecule has 1 fully saturated rings. The molecular formula is C22H21FN2O3. The van der Waals surface area contributed by atoms with E-state index in [0.717, 1.165) is 53.9 Å². The zero-order valence-corrected chi connectivity index (χ0v) is 15.6. The molecule has 4 rings (SSSR count). The Morgan fingerprint density at radius 2 is 1.89 bits per heavy atom. The Hall–Kier alpha value is -2.99. The summed E-state index contributed by atoms with van der Waals surface area (Å²) in [5.74, 6) is -0.672. The Labute approximate surface area is 162 Å². The van der Waals surface area contributed by atoms with Crippen LogP contribution in [0, 0.1) is 5.82 Å². The van der Waals surface area contributed by atoms with Gasteiger partial charge in [0.2, 0.25) is 0 Å². The van der Waals surface area contributed by atoms with Crippen molar-refractivity contribution < 1.29 is 18.7 Å². The van der Waals surface area contributed by atoms with E-state index in [0.29, 0.717) is 5.56 Å². The number of esters is 1. The smallest absolute Gasteiger partial charge is 0.337 e. The van der Waals surface area contributed by atoms with Crippen molar-refractivity contribution in [1.82, 2.24) is 4.98 Å². The molecule has 0 spiro atoms. The van der Waals surface area contributed by atoms with Crippen molar-refractivity contribution in [2.45, 2.75) is 18.9 Å². The molecule has 0 atom stereocenters. The molecule has 0 aliphatic carbocycles. The van der Waals surface area contributed by atoms with Gasteiger partial charge in [0.1, 0.15) is 5.82 Å². The molecule has 1 saturated heterocycles. The van der Waals surface area contributed by atoms with Crippen molar-refractivity contribution in [3.8, 4) is 11.3 Å². The summed E-state index contributed by atoms with van der Waals surface area (Å²) in [6.07, 6.45) is 1.81. The number of carbonyl (C=O) groups excluding carboxylic acids is 1. The third-order valence-corrected chi connectivity index (χ3v) is 4.93. The molecule has 0 bridgehead atoms. The van der Waals surface area contributed by atoms with Gasteiger partial charge >= 0.3 is 5.97 Å². The number of aromatic nitrogens is 1. The summed E-state index contributed by atoms with van der Waals surface area (Å²) in [6, 6.07) is 13.8. The molecule has 2 heterocycles. The Balaban J connectivity index is 1.80. The van der Waals surface area contributed by atoms with Crippen LogP contribution in [-0.2, 0) is 9.47 Å². The number of hydrogen-bond acceptors (Lipinski definition) is 5. The van der Waals surface area contributed by atoms with E-state index in [9.17, 15) is 9.18 Å². The van der Waals surface area contributed by atoms with E-state index < -0.39 is 0 Å².